The molecule has 0 fully saturated rings. The van der Waals surface area contributed by atoms with Gasteiger partial charge in [-0.3, -0.25) is 9.99 Å². The van der Waals surface area contributed by atoms with Crippen molar-refractivity contribution >= 4 is 34.9 Å². The van der Waals surface area contributed by atoms with Gasteiger partial charge in [0.2, 0.25) is 0 Å². The second kappa shape index (κ2) is 6.31. The van der Waals surface area contributed by atoms with Gasteiger partial charge in [-0.15, -0.1) is 0 Å². The predicted molar refractivity (Wildman–Crippen MR) is 74.5 cm³/mol. The van der Waals surface area contributed by atoms with E-state index in [1.165, 1.54) is 6.92 Å². The maximum absolute atomic E-state index is 13.4. The number of allylic oxidation sites excluding steroid dienone is 1. The minimum absolute atomic E-state index is 0.0375. The fourth-order valence-electron chi connectivity index (χ4n) is 1.95. The molecule has 0 aliphatic carbocycles. The van der Waals surface area contributed by atoms with Gasteiger partial charge in [0.25, 0.3) is 0 Å². The number of pyridine rings is 1. The Kier molecular flexibility index (Phi) is 4.84. The number of esters is 1. The highest BCUT2D eigenvalue weighted by Crippen LogP contribution is 2.41. The maximum Gasteiger partial charge on any atom is 0.433 e. The van der Waals surface area contributed by atoms with Gasteiger partial charge >= 0.3 is 12.1 Å². The van der Waals surface area contributed by atoms with Gasteiger partial charge in [0, 0.05) is 18.9 Å². The first-order valence-electron chi connectivity index (χ1n) is 6.07. The highest BCUT2D eigenvalue weighted by Gasteiger charge is 2.47. The van der Waals surface area contributed by atoms with Gasteiger partial charge in [0.1, 0.15) is 0 Å². The number of halogens is 5. The van der Waals surface area contributed by atoms with Crippen LogP contribution in [-0.2, 0) is 9.53 Å². The van der Waals surface area contributed by atoms with Crippen LogP contribution in [0.4, 0.5) is 18.9 Å². The molecule has 22 heavy (non-hydrogen) atoms. The third-order valence-corrected chi connectivity index (χ3v) is 3.32. The fourth-order valence-corrected chi connectivity index (χ4v) is 2.48. The molecule has 0 bridgehead atoms. The second-order valence-electron chi connectivity index (χ2n) is 4.17. The van der Waals surface area contributed by atoms with E-state index in [4.69, 9.17) is 23.2 Å². The standard InChI is InChI=1S/C12H10Cl2F3N3O2/c1-2-22-11(21)6-3-19-20(10(6)12(15,16)17)9-7(13)4-18-5-8(9)14/h4-5,19H,2-3H2,1H3. The number of hydrogen-bond acceptors (Lipinski definition) is 5. The first kappa shape index (κ1) is 16.9. The molecule has 0 amide bonds. The molecule has 0 atom stereocenters. The van der Waals surface area contributed by atoms with Crippen molar-refractivity contribution in [2.24, 2.45) is 0 Å². The van der Waals surface area contributed by atoms with Crippen LogP contribution in [0.3, 0.4) is 0 Å². The Morgan fingerprint density at radius 3 is 2.50 bits per heavy atom. The molecule has 120 valence electrons. The first-order valence-corrected chi connectivity index (χ1v) is 6.83. The van der Waals surface area contributed by atoms with Crippen LogP contribution in [0.1, 0.15) is 6.92 Å². The second-order valence-corrected chi connectivity index (χ2v) is 4.98. The Hall–Kier alpha value is -1.51. The Morgan fingerprint density at radius 1 is 1.41 bits per heavy atom. The number of nitrogens with zero attached hydrogens (tertiary/aromatic N) is 2. The normalized spacial score (nSPS) is 15.5. The minimum atomic E-state index is -4.80. The lowest BCUT2D eigenvalue weighted by Gasteiger charge is -2.25. The van der Waals surface area contributed by atoms with Gasteiger partial charge in [-0.2, -0.15) is 13.2 Å². The van der Waals surface area contributed by atoms with Crippen LogP contribution in [-0.4, -0.2) is 30.3 Å². The molecule has 0 spiro atoms. The number of rotatable bonds is 3. The summed E-state index contributed by atoms with van der Waals surface area (Å²) in [7, 11) is 0. The Bertz CT molecular complexity index is 614. The highest BCUT2D eigenvalue weighted by atomic mass is 35.5. The molecule has 10 heteroatoms. The van der Waals surface area contributed by atoms with E-state index < -0.39 is 23.4 Å². The fraction of sp³-hybridized carbons (Fsp3) is 0.333. The summed E-state index contributed by atoms with van der Waals surface area (Å²) in [6.07, 6.45) is -2.50. The zero-order valence-electron chi connectivity index (χ0n) is 11.2. The van der Waals surface area contributed by atoms with Crippen LogP contribution in [0.5, 0.6) is 0 Å². The van der Waals surface area contributed by atoms with Gasteiger partial charge in [0.05, 0.1) is 27.9 Å². The third-order valence-electron chi connectivity index (χ3n) is 2.77. The molecule has 1 aliphatic heterocycles. The van der Waals surface area contributed by atoms with Crippen molar-refractivity contribution < 1.29 is 22.7 Å². The van der Waals surface area contributed by atoms with E-state index in [-0.39, 0.29) is 28.9 Å². The van der Waals surface area contributed by atoms with Crippen LogP contribution in [0.15, 0.2) is 23.7 Å². The van der Waals surface area contributed by atoms with E-state index in [0.717, 1.165) is 12.4 Å². The molecule has 0 saturated heterocycles. The van der Waals surface area contributed by atoms with Crippen LogP contribution in [0.2, 0.25) is 10.0 Å². The quantitative estimate of drug-likeness (QED) is 0.844. The van der Waals surface area contributed by atoms with E-state index in [1.807, 2.05) is 0 Å². The zero-order chi connectivity index (χ0) is 16.5. The van der Waals surface area contributed by atoms with E-state index in [2.05, 4.69) is 15.1 Å². The van der Waals surface area contributed by atoms with Crippen molar-refractivity contribution in [3.63, 3.8) is 0 Å². The summed E-state index contributed by atoms with van der Waals surface area (Å²) in [5.74, 6) is -1.05. The molecule has 1 aromatic heterocycles. The van der Waals surface area contributed by atoms with E-state index in [1.54, 1.807) is 0 Å². The number of carbonyl (C=O) groups is 1. The van der Waals surface area contributed by atoms with Gasteiger partial charge in [-0.1, -0.05) is 23.2 Å². The van der Waals surface area contributed by atoms with Crippen LogP contribution < -0.4 is 10.4 Å². The van der Waals surface area contributed by atoms with Gasteiger partial charge in [0.15, 0.2) is 5.70 Å². The smallest absolute Gasteiger partial charge is 0.433 e. The van der Waals surface area contributed by atoms with E-state index in [0.29, 0.717) is 5.01 Å². The third kappa shape index (κ3) is 3.13. The number of hydrogen-bond donors (Lipinski definition) is 1. The predicted octanol–water partition coefficient (Wildman–Crippen LogP) is 3.09. The van der Waals surface area contributed by atoms with Crippen molar-refractivity contribution in [1.29, 1.82) is 0 Å². The minimum Gasteiger partial charge on any atom is -0.463 e. The van der Waals surface area contributed by atoms with Crippen molar-refractivity contribution in [2.45, 2.75) is 13.1 Å². The topological polar surface area (TPSA) is 54.5 Å². The molecule has 1 aromatic rings. The molecule has 2 rings (SSSR count). The molecular formula is C12H10Cl2F3N3O2. The molecule has 0 aromatic carbocycles. The summed E-state index contributed by atoms with van der Waals surface area (Å²) in [6.45, 7) is 1.11. The molecule has 5 nitrogen and oxygen atoms in total. The lowest BCUT2D eigenvalue weighted by molar-refractivity contribution is -0.139. The van der Waals surface area contributed by atoms with Crippen LogP contribution in [0.25, 0.3) is 0 Å². The number of ether oxygens (including phenoxy) is 1. The lowest BCUT2D eigenvalue weighted by atomic mass is 10.2. The Morgan fingerprint density at radius 2 is 2.00 bits per heavy atom. The molecule has 2 heterocycles. The number of alkyl halides is 3. The SMILES string of the molecule is CCOC(=O)C1=C(C(F)(F)F)N(c2c(Cl)cncc2Cl)NC1. The first-order chi connectivity index (χ1) is 10.3. The molecule has 0 radical (unpaired) electrons. The van der Waals surface area contributed by atoms with Gasteiger partial charge in [-0.05, 0) is 6.92 Å². The summed E-state index contributed by atoms with van der Waals surface area (Å²) in [4.78, 5) is 15.4. The van der Waals surface area contributed by atoms with Gasteiger partial charge < -0.3 is 4.74 Å². The maximum atomic E-state index is 13.4. The largest absolute Gasteiger partial charge is 0.463 e. The van der Waals surface area contributed by atoms with Crippen molar-refractivity contribution in [1.82, 2.24) is 10.4 Å². The number of hydrazine groups is 1. The van der Waals surface area contributed by atoms with E-state index >= 15 is 0 Å². The zero-order valence-corrected chi connectivity index (χ0v) is 12.7. The van der Waals surface area contributed by atoms with Gasteiger partial charge in [-0.25, -0.2) is 10.2 Å². The summed E-state index contributed by atoms with van der Waals surface area (Å²) in [5.41, 5.74) is 0.557. The molecule has 1 N–H and O–H groups in total. The van der Waals surface area contributed by atoms with Crippen molar-refractivity contribution in [2.75, 3.05) is 18.2 Å². The Labute approximate surface area is 133 Å². The molecule has 1 aliphatic rings. The number of aromatic nitrogens is 1. The lowest BCUT2D eigenvalue weighted by Crippen LogP contribution is -2.37. The number of carbonyl (C=O) groups excluding carboxylic acids is 1. The van der Waals surface area contributed by atoms with Crippen molar-refractivity contribution in [3.05, 3.63) is 33.7 Å². The summed E-state index contributed by atoms with van der Waals surface area (Å²) in [6, 6.07) is 0. The number of nitrogens with one attached hydrogen (secondary N) is 1. The average molecular weight is 356 g/mol. The monoisotopic (exact) mass is 355 g/mol. The van der Waals surface area contributed by atoms with Crippen LogP contribution >= 0.6 is 23.2 Å². The molecular weight excluding hydrogens is 346 g/mol. The highest BCUT2D eigenvalue weighted by molar-refractivity contribution is 6.39. The van der Waals surface area contributed by atoms with Crippen molar-refractivity contribution in [3.8, 4) is 0 Å². The van der Waals surface area contributed by atoms with E-state index in [9.17, 15) is 18.0 Å². The van der Waals surface area contributed by atoms with Crippen LogP contribution in [0, 0.1) is 0 Å². The summed E-state index contributed by atoms with van der Waals surface area (Å²) in [5, 5.41) is 0.456. The summed E-state index contributed by atoms with van der Waals surface area (Å²) >= 11 is 11.8. The Balaban J connectivity index is 2.56. The number of anilines is 1. The summed E-state index contributed by atoms with van der Waals surface area (Å²) < 4.78 is 44.7. The molecule has 0 unspecified atom stereocenters. The average Bonchev–Trinajstić information content (AvgIpc) is 2.83. The molecule has 0 saturated carbocycles.